The first-order valence-corrected chi connectivity index (χ1v) is 26.0. The van der Waals surface area contributed by atoms with Crippen LogP contribution in [0.15, 0.2) is 73.3 Å². The fraction of sp³-hybridized carbons (Fsp3) is 0.250. The number of aryl methyl sites for hydroxylation is 1. The van der Waals surface area contributed by atoms with E-state index in [0.29, 0.717) is 28.7 Å². The van der Waals surface area contributed by atoms with Crippen LogP contribution in [0, 0.1) is 41.8 Å². The second kappa shape index (κ2) is 20.7. The molecule has 0 N–H and O–H groups in total. The van der Waals surface area contributed by atoms with Crippen LogP contribution in [0.3, 0.4) is 0 Å². The summed E-state index contributed by atoms with van der Waals surface area (Å²) in [5.41, 5.74) is -3.95. The first-order valence-electron chi connectivity index (χ1n) is 20.5. The van der Waals surface area contributed by atoms with Gasteiger partial charge in [-0.1, -0.05) is 32.4 Å². The summed E-state index contributed by atoms with van der Waals surface area (Å²) in [6, 6.07) is 8.17. The van der Waals surface area contributed by atoms with Crippen LogP contribution in [0.25, 0.3) is 27.9 Å². The number of carbonyl (C=O) groups is 2. The van der Waals surface area contributed by atoms with Crippen LogP contribution in [-0.4, -0.2) is 83.6 Å². The molecule has 0 bridgehead atoms. The van der Waals surface area contributed by atoms with Gasteiger partial charge in [0, 0.05) is 35.2 Å². The van der Waals surface area contributed by atoms with Gasteiger partial charge in [0.15, 0.2) is 56.3 Å². The van der Waals surface area contributed by atoms with Gasteiger partial charge in [0.25, 0.3) is 0 Å². The summed E-state index contributed by atoms with van der Waals surface area (Å²) in [6.07, 6.45) is 6.19. The number of benzene rings is 4. The second-order valence-electron chi connectivity index (χ2n) is 15.2. The minimum absolute atomic E-state index is 0.0228. The van der Waals surface area contributed by atoms with Gasteiger partial charge in [0.05, 0.1) is 68.6 Å². The number of hydrogen-bond donors (Lipinski definition) is 0. The minimum Gasteiger partial charge on any atom is -0.288 e. The molecule has 0 spiro atoms. The van der Waals surface area contributed by atoms with Gasteiger partial charge in [-0.05, 0) is 68.7 Å². The Morgan fingerprint density at radius 2 is 1.13 bits per heavy atom. The molecule has 0 amide bonds. The fourth-order valence-electron chi connectivity index (χ4n) is 6.96. The molecule has 4 aromatic carbocycles. The van der Waals surface area contributed by atoms with E-state index in [4.69, 9.17) is 11.6 Å². The number of fused-ring (bicyclic) bond motifs is 2. The third-order valence-corrected chi connectivity index (χ3v) is 16.6. The molecule has 7 aromatic rings. The average Bonchev–Trinajstić information content (AvgIpc) is 3.72. The smallest absolute Gasteiger partial charge is 0.248 e. The number of imidazole rings is 1. The van der Waals surface area contributed by atoms with Gasteiger partial charge >= 0.3 is 0 Å². The summed E-state index contributed by atoms with van der Waals surface area (Å²) >= 11 is 5.78. The lowest BCUT2D eigenvalue weighted by Crippen LogP contribution is -2.40. The standard InChI is InChI=1S/C23H19F3N4O3S.C21H19ClF3N3O5S2/c1-3-8-34(32,33)12-15-9-16(24)22(26)20(21(15)25)23(31)14-4-5-17-18(10-14)29-19(11-28-17)30-7-6-27-13(30)2;1-3-7-34(30,31)28(35(32,33)8-4-2)16-10-13(23)19(24)18(20(16)25)21(29)12-5-6-14-15(9-12)27-17(22)11-26-14/h4-7,9-11H,3,8,12H2,1-2H3;5-6,9-11H,3-4,7-8H2,1-2H3. The van der Waals surface area contributed by atoms with Gasteiger partial charge in [-0.3, -0.25) is 24.1 Å². The molecular formula is C44H38ClF6N7O8S3. The molecule has 3 heterocycles. The van der Waals surface area contributed by atoms with Gasteiger partial charge in [0.2, 0.25) is 20.0 Å². The Morgan fingerprint density at radius 1 is 0.623 bits per heavy atom. The number of halogens is 7. The Bertz CT molecular complexity index is 3490. The summed E-state index contributed by atoms with van der Waals surface area (Å²) in [4.78, 5) is 46.8. The summed E-state index contributed by atoms with van der Waals surface area (Å²) < 4.78 is 165. The number of aromatic nitrogens is 6. The Balaban J connectivity index is 0.000000227. The van der Waals surface area contributed by atoms with Gasteiger partial charge < -0.3 is 0 Å². The number of ketones is 2. The highest BCUT2D eigenvalue weighted by Gasteiger charge is 2.38. The van der Waals surface area contributed by atoms with E-state index in [1.807, 2.05) is 0 Å². The van der Waals surface area contributed by atoms with Crippen LogP contribution in [0.2, 0.25) is 5.15 Å². The number of rotatable bonds is 16. The van der Waals surface area contributed by atoms with Crippen molar-refractivity contribution in [2.45, 2.75) is 52.7 Å². The molecule has 0 radical (unpaired) electrons. The molecule has 0 aliphatic heterocycles. The summed E-state index contributed by atoms with van der Waals surface area (Å²) in [6.45, 7) is 6.26. The number of nitrogens with zero attached hydrogens (tertiary/aromatic N) is 7. The Hall–Kier alpha value is -6.37. The van der Waals surface area contributed by atoms with Crippen molar-refractivity contribution in [2.24, 2.45) is 0 Å². The van der Waals surface area contributed by atoms with Crippen molar-refractivity contribution in [2.75, 3.05) is 21.0 Å². The molecule has 0 unspecified atom stereocenters. The first-order chi connectivity index (χ1) is 32.4. The zero-order valence-corrected chi connectivity index (χ0v) is 39.9. The van der Waals surface area contributed by atoms with Crippen molar-refractivity contribution < 1.29 is 61.2 Å². The minimum atomic E-state index is -4.73. The Labute approximate surface area is 396 Å². The second-order valence-corrected chi connectivity index (χ2v) is 21.8. The van der Waals surface area contributed by atoms with E-state index in [-0.39, 0.29) is 62.1 Å². The summed E-state index contributed by atoms with van der Waals surface area (Å²) in [5, 5.41) is -0.0228. The molecule has 7 rings (SSSR count). The maximum Gasteiger partial charge on any atom is 0.248 e. The molecule has 15 nitrogen and oxygen atoms in total. The summed E-state index contributed by atoms with van der Waals surface area (Å²) in [5.74, 6) is -14.1. The van der Waals surface area contributed by atoms with Crippen molar-refractivity contribution in [1.82, 2.24) is 29.5 Å². The molecule has 3 aromatic heterocycles. The monoisotopic (exact) mass is 1040 g/mol. The van der Waals surface area contributed by atoms with E-state index in [1.165, 1.54) is 50.5 Å². The molecule has 0 fully saturated rings. The van der Waals surface area contributed by atoms with E-state index in [9.17, 15) is 52.4 Å². The van der Waals surface area contributed by atoms with Crippen LogP contribution < -0.4 is 3.71 Å². The highest BCUT2D eigenvalue weighted by atomic mass is 35.5. The predicted octanol–water partition coefficient (Wildman–Crippen LogP) is 8.31. The quantitative estimate of drug-likeness (QED) is 0.0507. The van der Waals surface area contributed by atoms with Gasteiger partial charge in [-0.25, -0.2) is 66.5 Å². The lowest BCUT2D eigenvalue weighted by molar-refractivity contribution is 0.102. The lowest BCUT2D eigenvalue weighted by atomic mass is 9.99. The molecular weight excluding hydrogens is 1000 g/mol. The number of carbonyl (C=O) groups excluding carboxylic acids is 2. The average molecular weight is 1040 g/mol. The maximum atomic E-state index is 15.6. The van der Waals surface area contributed by atoms with Crippen LogP contribution in [0.1, 0.15) is 83.3 Å². The van der Waals surface area contributed by atoms with E-state index in [2.05, 4.69) is 24.9 Å². The third-order valence-electron chi connectivity index (χ3n) is 9.98. The van der Waals surface area contributed by atoms with Crippen LogP contribution >= 0.6 is 11.6 Å². The normalized spacial score (nSPS) is 12.0. The largest absolute Gasteiger partial charge is 0.288 e. The van der Waals surface area contributed by atoms with E-state index in [1.54, 1.807) is 30.8 Å². The molecule has 0 aliphatic carbocycles. The van der Waals surface area contributed by atoms with E-state index < -0.39 is 116 Å². The van der Waals surface area contributed by atoms with Crippen molar-refractivity contribution in [1.29, 1.82) is 0 Å². The van der Waals surface area contributed by atoms with E-state index in [0.717, 1.165) is 12.1 Å². The fourth-order valence-corrected chi connectivity index (χ4v) is 12.6. The van der Waals surface area contributed by atoms with Gasteiger partial charge in [-0.15, -0.1) is 0 Å². The van der Waals surface area contributed by atoms with Crippen molar-refractivity contribution in [3.63, 3.8) is 0 Å². The SMILES string of the molecule is CCCS(=O)(=O)Cc1cc(F)c(F)c(C(=O)c2ccc3ncc(-n4ccnc4C)nc3c2)c1F.CCCS(=O)(=O)N(c1cc(F)c(F)c(C(=O)c2ccc3ncc(Cl)nc3c2)c1F)S(=O)(=O)CCC. The summed E-state index contributed by atoms with van der Waals surface area (Å²) in [7, 11) is -13.2. The number of anilines is 1. The maximum absolute atomic E-state index is 15.6. The van der Waals surface area contributed by atoms with Crippen LogP contribution in [0.4, 0.5) is 32.0 Å². The lowest BCUT2D eigenvalue weighted by Gasteiger charge is -2.25. The molecule has 0 aliphatic rings. The molecule has 364 valence electrons. The molecule has 0 saturated carbocycles. The number of sulfone groups is 1. The van der Waals surface area contributed by atoms with Crippen LogP contribution in [-0.2, 0) is 35.6 Å². The Morgan fingerprint density at radius 3 is 1.65 bits per heavy atom. The van der Waals surface area contributed by atoms with Gasteiger partial charge in [-0.2, -0.15) is 3.71 Å². The first kappa shape index (κ1) is 52.0. The zero-order chi connectivity index (χ0) is 50.7. The Kier molecular flexibility index (Phi) is 15.6. The van der Waals surface area contributed by atoms with Crippen LogP contribution in [0.5, 0.6) is 0 Å². The molecule has 0 atom stereocenters. The highest BCUT2D eigenvalue weighted by Crippen LogP contribution is 2.34. The predicted molar refractivity (Wildman–Crippen MR) is 244 cm³/mol. The van der Waals surface area contributed by atoms with Crippen molar-refractivity contribution >= 4 is 80.8 Å². The van der Waals surface area contributed by atoms with Crippen molar-refractivity contribution in [3.05, 3.63) is 147 Å². The van der Waals surface area contributed by atoms with E-state index >= 15 is 8.78 Å². The number of sulfonamides is 2. The number of hydrogen-bond acceptors (Lipinski definition) is 13. The van der Waals surface area contributed by atoms with Crippen molar-refractivity contribution in [3.8, 4) is 5.82 Å². The van der Waals surface area contributed by atoms with Gasteiger partial charge in [0.1, 0.15) is 22.5 Å². The highest BCUT2D eigenvalue weighted by molar-refractivity contribution is 8.10. The third kappa shape index (κ3) is 11.1. The molecule has 0 saturated heterocycles. The molecule has 25 heteroatoms. The zero-order valence-electron chi connectivity index (χ0n) is 36.6. The molecule has 69 heavy (non-hydrogen) atoms. The topological polar surface area (TPSA) is 209 Å².